The lowest BCUT2D eigenvalue weighted by atomic mass is 10.0. The van der Waals surface area contributed by atoms with Crippen molar-refractivity contribution in [3.05, 3.63) is 83.7 Å². The van der Waals surface area contributed by atoms with Gasteiger partial charge in [-0.25, -0.2) is 0 Å². The summed E-state index contributed by atoms with van der Waals surface area (Å²) < 4.78 is 13.5. The number of hydrogen-bond donors (Lipinski definition) is 0. The quantitative estimate of drug-likeness (QED) is 0.668. The molecule has 0 amide bonds. The van der Waals surface area contributed by atoms with Gasteiger partial charge in [0.05, 0.1) is 20.3 Å². The van der Waals surface area contributed by atoms with Crippen molar-refractivity contribution in [2.45, 2.75) is 25.6 Å². The van der Waals surface area contributed by atoms with Crippen LogP contribution in [0.25, 0.3) is 0 Å². The molecule has 3 aromatic rings. The zero-order valence-corrected chi connectivity index (χ0v) is 16.0. The molecular formula is C23H26N2O2. The molecule has 0 saturated heterocycles. The van der Waals surface area contributed by atoms with Crippen LogP contribution in [0.4, 0.5) is 0 Å². The molecular weight excluding hydrogens is 336 g/mol. The fourth-order valence-corrected chi connectivity index (χ4v) is 4.05. The monoisotopic (exact) mass is 362 g/mol. The third-order valence-corrected chi connectivity index (χ3v) is 5.33. The van der Waals surface area contributed by atoms with E-state index in [1.807, 2.05) is 12.1 Å². The van der Waals surface area contributed by atoms with Gasteiger partial charge in [-0.15, -0.1) is 0 Å². The molecule has 0 saturated carbocycles. The second-order valence-electron chi connectivity index (χ2n) is 6.94. The number of nitrogens with zero attached hydrogens (tertiary/aromatic N) is 2. The minimum Gasteiger partial charge on any atom is -0.497 e. The maximum atomic E-state index is 5.63. The van der Waals surface area contributed by atoms with Crippen molar-refractivity contribution in [2.24, 2.45) is 0 Å². The van der Waals surface area contributed by atoms with Crippen molar-refractivity contribution in [3.63, 3.8) is 0 Å². The predicted octanol–water partition coefficient (Wildman–Crippen LogP) is 4.50. The first-order valence-electron chi connectivity index (χ1n) is 9.45. The van der Waals surface area contributed by atoms with E-state index in [1.54, 1.807) is 14.2 Å². The zero-order chi connectivity index (χ0) is 18.6. The Hall–Kier alpha value is -2.72. The molecule has 0 aliphatic carbocycles. The number of hydrogen-bond acceptors (Lipinski definition) is 3. The smallest absolute Gasteiger partial charge is 0.123 e. The highest BCUT2D eigenvalue weighted by Crippen LogP contribution is 2.35. The molecule has 0 radical (unpaired) electrons. The Bertz CT molecular complexity index is 888. The molecule has 27 heavy (non-hydrogen) atoms. The molecule has 4 nitrogen and oxygen atoms in total. The van der Waals surface area contributed by atoms with Gasteiger partial charge in [-0.3, -0.25) is 4.90 Å². The van der Waals surface area contributed by atoms with Gasteiger partial charge >= 0.3 is 0 Å². The number of aromatic nitrogens is 1. The van der Waals surface area contributed by atoms with Crippen LogP contribution in [0, 0.1) is 0 Å². The maximum Gasteiger partial charge on any atom is 0.123 e. The molecule has 0 bridgehead atoms. The molecule has 1 atom stereocenters. The first kappa shape index (κ1) is 17.7. The zero-order valence-electron chi connectivity index (χ0n) is 16.0. The Morgan fingerprint density at radius 3 is 2.56 bits per heavy atom. The SMILES string of the molecule is COc1ccc(OC)c(CN2CCCn3cccc3C2c2ccccc2)c1. The molecule has 1 aliphatic rings. The lowest BCUT2D eigenvalue weighted by Gasteiger charge is -2.31. The Labute approximate surface area is 161 Å². The molecule has 2 aromatic carbocycles. The summed E-state index contributed by atoms with van der Waals surface area (Å²) in [6, 6.07) is 21.4. The summed E-state index contributed by atoms with van der Waals surface area (Å²) in [4.78, 5) is 2.55. The van der Waals surface area contributed by atoms with Crippen LogP contribution in [0.5, 0.6) is 11.5 Å². The molecule has 0 fully saturated rings. The normalized spacial score (nSPS) is 17.2. The summed E-state index contributed by atoms with van der Waals surface area (Å²) >= 11 is 0. The molecule has 2 heterocycles. The van der Waals surface area contributed by atoms with E-state index in [0.717, 1.165) is 43.1 Å². The first-order valence-corrected chi connectivity index (χ1v) is 9.45. The fraction of sp³-hybridized carbons (Fsp3) is 0.304. The van der Waals surface area contributed by atoms with Gasteiger partial charge in [-0.05, 0) is 42.3 Å². The van der Waals surface area contributed by atoms with Crippen LogP contribution >= 0.6 is 0 Å². The number of methoxy groups -OCH3 is 2. The minimum absolute atomic E-state index is 0.222. The van der Waals surface area contributed by atoms with Crippen LogP contribution in [-0.4, -0.2) is 30.2 Å². The van der Waals surface area contributed by atoms with Gasteiger partial charge in [0.1, 0.15) is 11.5 Å². The van der Waals surface area contributed by atoms with Crippen molar-refractivity contribution in [2.75, 3.05) is 20.8 Å². The number of rotatable bonds is 5. The Balaban J connectivity index is 1.74. The van der Waals surface area contributed by atoms with Gasteiger partial charge in [0.2, 0.25) is 0 Å². The van der Waals surface area contributed by atoms with Crippen LogP contribution in [0.15, 0.2) is 66.9 Å². The topological polar surface area (TPSA) is 26.6 Å². The van der Waals surface area contributed by atoms with Gasteiger partial charge in [0.15, 0.2) is 0 Å². The van der Waals surface area contributed by atoms with Crippen molar-refractivity contribution in [1.29, 1.82) is 0 Å². The highest BCUT2D eigenvalue weighted by Gasteiger charge is 2.28. The van der Waals surface area contributed by atoms with Crippen molar-refractivity contribution in [1.82, 2.24) is 9.47 Å². The summed E-state index contributed by atoms with van der Waals surface area (Å²) in [5, 5.41) is 0. The van der Waals surface area contributed by atoms with Crippen molar-refractivity contribution in [3.8, 4) is 11.5 Å². The van der Waals surface area contributed by atoms with Gasteiger partial charge in [0, 0.05) is 37.1 Å². The van der Waals surface area contributed by atoms with Crippen LogP contribution < -0.4 is 9.47 Å². The number of aryl methyl sites for hydroxylation is 1. The summed E-state index contributed by atoms with van der Waals surface area (Å²) in [5.74, 6) is 1.77. The Morgan fingerprint density at radius 2 is 1.78 bits per heavy atom. The van der Waals surface area contributed by atoms with Gasteiger partial charge in [0.25, 0.3) is 0 Å². The van der Waals surface area contributed by atoms with E-state index >= 15 is 0 Å². The van der Waals surface area contributed by atoms with E-state index in [-0.39, 0.29) is 6.04 Å². The minimum atomic E-state index is 0.222. The van der Waals surface area contributed by atoms with Crippen molar-refractivity contribution < 1.29 is 9.47 Å². The second kappa shape index (κ2) is 7.89. The molecule has 4 rings (SSSR count). The predicted molar refractivity (Wildman–Crippen MR) is 107 cm³/mol. The highest BCUT2D eigenvalue weighted by atomic mass is 16.5. The number of fused-ring (bicyclic) bond motifs is 1. The lowest BCUT2D eigenvalue weighted by molar-refractivity contribution is 0.217. The van der Waals surface area contributed by atoms with Gasteiger partial charge < -0.3 is 14.0 Å². The van der Waals surface area contributed by atoms with Crippen LogP contribution in [0.2, 0.25) is 0 Å². The van der Waals surface area contributed by atoms with E-state index in [9.17, 15) is 0 Å². The van der Waals surface area contributed by atoms with Crippen molar-refractivity contribution >= 4 is 0 Å². The van der Waals surface area contributed by atoms with Crippen LogP contribution in [0.3, 0.4) is 0 Å². The van der Waals surface area contributed by atoms with Gasteiger partial charge in [-0.1, -0.05) is 30.3 Å². The third-order valence-electron chi connectivity index (χ3n) is 5.33. The molecule has 4 heteroatoms. The number of benzene rings is 2. The summed E-state index contributed by atoms with van der Waals surface area (Å²) in [6.45, 7) is 2.89. The van der Waals surface area contributed by atoms with E-state index in [0.29, 0.717) is 0 Å². The van der Waals surface area contributed by atoms with E-state index in [4.69, 9.17) is 9.47 Å². The third kappa shape index (κ3) is 3.58. The molecule has 0 N–H and O–H groups in total. The van der Waals surface area contributed by atoms with E-state index in [2.05, 4.69) is 64.2 Å². The second-order valence-corrected chi connectivity index (χ2v) is 6.94. The Kier molecular flexibility index (Phi) is 5.16. The first-order chi connectivity index (χ1) is 13.3. The highest BCUT2D eigenvalue weighted by molar-refractivity contribution is 5.41. The summed E-state index contributed by atoms with van der Waals surface area (Å²) in [5.41, 5.74) is 3.82. The summed E-state index contributed by atoms with van der Waals surface area (Å²) in [7, 11) is 3.44. The molecule has 1 unspecified atom stereocenters. The van der Waals surface area contributed by atoms with Crippen LogP contribution in [-0.2, 0) is 13.1 Å². The summed E-state index contributed by atoms with van der Waals surface area (Å²) in [6.07, 6.45) is 3.32. The standard InChI is InChI=1S/C23H26N2O2/c1-26-20-11-12-22(27-2)19(16-20)17-25-15-7-14-24-13-6-10-21(24)23(25)18-8-4-3-5-9-18/h3-6,8-13,16,23H,7,14-15,17H2,1-2H3. The number of ether oxygens (including phenoxy) is 2. The molecule has 1 aromatic heterocycles. The van der Waals surface area contributed by atoms with Gasteiger partial charge in [-0.2, -0.15) is 0 Å². The lowest BCUT2D eigenvalue weighted by Crippen LogP contribution is -2.29. The molecule has 0 spiro atoms. The average Bonchev–Trinajstić information content (AvgIpc) is 3.10. The fourth-order valence-electron chi connectivity index (χ4n) is 4.05. The largest absolute Gasteiger partial charge is 0.497 e. The maximum absolute atomic E-state index is 5.63. The molecule has 1 aliphatic heterocycles. The Morgan fingerprint density at radius 1 is 0.926 bits per heavy atom. The van der Waals surface area contributed by atoms with E-state index in [1.165, 1.54) is 11.3 Å². The molecule has 140 valence electrons. The average molecular weight is 362 g/mol. The van der Waals surface area contributed by atoms with E-state index < -0.39 is 0 Å². The van der Waals surface area contributed by atoms with Crippen LogP contribution in [0.1, 0.15) is 29.3 Å².